The lowest BCUT2D eigenvalue weighted by Gasteiger charge is -2.20. The molecule has 0 rings (SSSR count). The van der Waals surface area contributed by atoms with Crippen LogP contribution in [0.1, 0.15) is 48.5 Å². The summed E-state index contributed by atoms with van der Waals surface area (Å²) in [6.45, 7) is 11.7. The summed E-state index contributed by atoms with van der Waals surface area (Å²) in [5, 5.41) is 7.10. The number of carbonyl (C=O) groups is 3. The molecule has 0 aliphatic carbocycles. The number of carboxylic acid groups (broad SMARTS) is 1. The second-order valence-corrected chi connectivity index (χ2v) is 6.79. The zero-order valence-electron chi connectivity index (χ0n) is 12.5. The van der Waals surface area contributed by atoms with E-state index in [4.69, 9.17) is 21.4 Å². The maximum Gasteiger partial charge on any atom is 0.321 e. The first-order valence-electron chi connectivity index (χ1n) is 5.83. The summed E-state index contributed by atoms with van der Waals surface area (Å²) in [6, 6.07) is 0. The van der Waals surface area contributed by atoms with Gasteiger partial charge >= 0.3 is 17.9 Å². The molecule has 6 heteroatoms. The van der Waals surface area contributed by atoms with Crippen LogP contribution < -0.4 is 0 Å². The highest BCUT2D eigenvalue weighted by atomic mass is 35.5. The van der Waals surface area contributed by atoms with Gasteiger partial charge in [0.2, 0.25) is 0 Å². The van der Waals surface area contributed by atoms with Gasteiger partial charge in [-0.2, -0.15) is 0 Å². The lowest BCUT2D eigenvalue weighted by Crippen LogP contribution is -2.31. The molecule has 1 unspecified atom stereocenters. The first kappa shape index (κ1) is 20.2. The number of esters is 2. The summed E-state index contributed by atoms with van der Waals surface area (Å²) in [5.41, 5.74) is -1.25. The Hall–Kier alpha value is -1.10. The standard InChI is InChI=1S/C10H18O3.C3H5ClO2/c1-9(2,3)7(11)13-8(12)10(4,5)6;1-2(4)3(5)6/h1-6H3;2H,1H3,(H,5,6). The monoisotopic (exact) mass is 294 g/mol. The molecule has 0 aromatic carbocycles. The van der Waals surface area contributed by atoms with Crippen LogP contribution in [-0.2, 0) is 19.1 Å². The summed E-state index contributed by atoms with van der Waals surface area (Å²) in [7, 11) is 0. The number of ether oxygens (including phenoxy) is 1. The molecule has 0 bridgehead atoms. The van der Waals surface area contributed by atoms with Crippen molar-refractivity contribution >= 4 is 29.5 Å². The quantitative estimate of drug-likeness (QED) is 0.457. The van der Waals surface area contributed by atoms with Gasteiger partial charge in [0.25, 0.3) is 0 Å². The van der Waals surface area contributed by atoms with Gasteiger partial charge in [0, 0.05) is 0 Å². The Morgan fingerprint density at radius 2 is 1.16 bits per heavy atom. The summed E-state index contributed by atoms with van der Waals surface area (Å²) in [5.74, 6) is -1.93. The van der Waals surface area contributed by atoms with Crippen LogP contribution in [0, 0.1) is 10.8 Å². The highest BCUT2D eigenvalue weighted by Gasteiger charge is 2.31. The number of hydrogen-bond acceptors (Lipinski definition) is 4. The molecular formula is C13H23ClO5. The SMILES string of the molecule is CC(C)(C)C(=O)OC(=O)C(C)(C)C.CC(Cl)C(=O)O. The van der Waals surface area contributed by atoms with E-state index in [0.717, 1.165) is 0 Å². The van der Waals surface area contributed by atoms with E-state index in [-0.39, 0.29) is 0 Å². The third-order valence-electron chi connectivity index (χ3n) is 1.75. The second-order valence-electron chi connectivity index (χ2n) is 6.13. The van der Waals surface area contributed by atoms with Crippen LogP contribution in [0.4, 0.5) is 0 Å². The minimum Gasteiger partial charge on any atom is -0.480 e. The minimum atomic E-state index is -0.975. The van der Waals surface area contributed by atoms with E-state index in [1.165, 1.54) is 6.92 Å². The molecule has 0 aliphatic rings. The Morgan fingerprint density at radius 1 is 0.947 bits per heavy atom. The molecule has 0 aromatic rings. The van der Waals surface area contributed by atoms with E-state index in [9.17, 15) is 14.4 Å². The number of carbonyl (C=O) groups excluding carboxylic acids is 2. The van der Waals surface area contributed by atoms with Gasteiger partial charge in [-0.3, -0.25) is 14.4 Å². The zero-order chi connectivity index (χ0) is 16.0. The average molecular weight is 295 g/mol. The topological polar surface area (TPSA) is 80.7 Å². The minimum absolute atomic E-state index is 0.479. The summed E-state index contributed by atoms with van der Waals surface area (Å²) < 4.78 is 4.70. The third-order valence-corrected chi connectivity index (χ3v) is 1.94. The van der Waals surface area contributed by atoms with Gasteiger partial charge in [-0.05, 0) is 48.5 Å². The van der Waals surface area contributed by atoms with Gasteiger partial charge in [-0.15, -0.1) is 11.6 Å². The van der Waals surface area contributed by atoms with E-state index in [0.29, 0.717) is 0 Å². The fourth-order valence-electron chi connectivity index (χ4n) is 0.390. The van der Waals surface area contributed by atoms with Gasteiger partial charge in [0.15, 0.2) is 0 Å². The Morgan fingerprint density at radius 3 is 1.26 bits per heavy atom. The second kappa shape index (κ2) is 7.48. The largest absolute Gasteiger partial charge is 0.480 e. The summed E-state index contributed by atoms with van der Waals surface area (Å²) in [4.78, 5) is 32.1. The molecule has 1 N–H and O–H groups in total. The molecule has 1 atom stereocenters. The van der Waals surface area contributed by atoms with Gasteiger partial charge in [-0.25, -0.2) is 0 Å². The predicted molar refractivity (Wildman–Crippen MR) is 73.0 cm³/mol. The van der Waals surface area contributed by atoms with Crippen LogP contribution >= 0.6 is 11.6 Å². The molecular weight excluding hydrogens is 272 g/mol. The fraction of sp³-hybridized carbons (Fsp3) is 0.769. The van der Waals surface area contributed by atoms with Crippen molar-refractivity contribution in [2.45, 2.75) is 53.8 Å². The molecule has 0 radical (unpaired) electrons. The molecule has 0 saturated heterocycles. The Bertz CT molecular complexity index is 310. The number of rotatable bonds is 1. The van der Waals surface area contributed by atoms with Crippen LogP contribution in [0.25, 0.3) is 0 Å². The zero-order valence-corrected chi connectivity index (χ0v) is 13.3. The molecule has 0 saturated carbocycles. The van der Waals surface area contributed by atoms with Gasteiger partial charge in [-0.1, -0.05) is 0 Å². The average Bonchev–Trinajstić information content (AvgIpc) is 2.15. The number of carboxylic acids is 1. The normalized spacial score (nSPS) is 12.8. The van der Waals surface area contributed by atoms with Crippen molar-refractivity contribution in [2.24, 2.45) is 10.8 Å². The first-order chi connectivity index (χ1) is 8.19. The van der Waals surface area contributed by atoms with Crippen molar-refractivity contribution in [1.82, 2.24) is 0 Å². The predicted octanol–water partition coefficient (Wildman–Crippen LogP) is 2.85. The van der Waals surface area contributed by atoms with E-state index < -0.39 is 34.1 Å². The molecule has 0 fully saturated rings. The first-order valence-corrected chi connectivity index (χ1v) is 6.26. The molecule has 0 heterocycles. The fourth-order valence-corrected chi connectivity index (χ4v) is 0.390. The maximum absolute atomic E-state index is 11.3. The van der Waals surface area contributed by atoms with E-state index in [2.05, 4.69) is 0 Å². The molecule has 5 nitrogen and oxygen atoms in total. The smallest absolute Gasteiger partial charge is 0.321 e. The maximum atomic E-state index is 11.3. The molecule has 0 aromatic heterocycles. The molecule has 19 heavy (non-hydrogen) atoms. The van der Waals surface area contributed by atoms with Gasteiger partial charge < -0.3 is 9.84 Å². The van der Waals surface area contributed by atoms with Crippen molar-refractivity contribution in [2.75, 3.05) is 0 Å². The third kappa shape index (κ3) is 10.5. The lowest BCUT2D eigenvalue weighted by atomic mass is 9.95. The summed E-state index contributed by atoms with van der Waals surface area (Å²) >= 11 is 5.01. The number of halogens is 1. The van der Waals surface area contributed by atoms with Crippen LogP contribution in [0.5, 0.6) is 0 Å². The van der Waals surface area contributed by atoms with Crippen molar-refractivity contribution < 1.29 is 24.2 Å². The number of aliphatic carboxylic acids is 1. The molecule has 0 amide bonds. The Kier molecular flexibility index (Phi) is 7.96. The number of alkyl halides is 1. The lowest BCUT2D eigenvalue weighted by molar-refractivity contribution is -0.171. The van der Waals surface area contributed by atoms with Crippen LogP contribution in [0.15, 0.2) is 0 Å². The highest BCUT2D eigenvalue weighted by molar-refractivity contribution is 6.29. The Balaban J connectivity index is 0. The number of hydrogen-bond donors (Lipinski definition) is 1. The van der Waals surface area contributed by atoms with Gasteiger partial charge in [0.05, 0.1) is 10.8 Å². The van der Waals surface area contributed by atoms with Crippen molar-refractivity contribution in [1.29, 1.82) is 0 Å². The van der Waals surface area contributed by atoms with Crippen LogP contribution in [-0.4, -0.2) is 28.4 Å². The van der Waals surface area contributed by atoms with E-state index in [1.807, 2.05) is 0 Å². The Labute approximate surface area is 119 Å². The highest BCUT2D eigenvalue weighted by Crippen LogP contribution is 2.20. The van der Waals surface area contributed by atoms with Crippen molar-refractivity contribution in [3.05, 3.63) is 0 Å². The van der Waals surface area contributed by atoms with Gasteiger partial charge in [0.1, 0.15) is 5.38 Å². The van der Waals surface area contributed by atoms with E-state index >= 15 is 0 Å². The molecule has 0 spiro atoms. The van der Waals surface area contributed by atoms with Crippen LogP contribution in [0.3, 0.4) is 0 Å². The molecule has 112 valence electrons. The summed E-state index contributed by atoms with van der Waals surface area (Å²) in [6.07, 6.45) is 0. The van der Waals surface area contributed by atoms with E-state index in [1.54, 1.807) is 41.5 Å². The van der Waals surface area contributed by atoms with Crippen LogP contribution in [0.2, 0.25) is 0 Å². The van der Waals surface area contributed by atoms with Crippen molar-refractivity contribution in [3.63, 3.8) is 0 Å². The molecule has 0 aliphatic heterocycles. The van der Waals surface area contributed by atoms with Crippen molar-refractivity contribution in [3.8, 4) is 0 Å².